The van der Waals surface area contributed by atoms with E-state index in [1.807, 2.05) is 0 Å². The first-order valence-corrected chi connectivity index (χ1v) is 6.44. The molecule has 0 atom stereocenters. The minimum atomic E-state index is -1.13. The molecule has 4 nitrogen and oxygen atoms in total. The summed E-state index contributed by atoms with van der Waals surface area (Å²) in [4.78, 5) is 22.8. The summed E-state index contributed by atoms with van der Waals surface area (Å²) in [5.74, 6) is -1.92. The fraction of sp³-hybridized carbons (Fsp3) is 0.125. The molecule has 1 amide bonds. The van der Waals surface area contributed by atoms with Gasteiger partial charge in [0.25, 0.3) is 5.91 Å². The Hall–Kier alpha value is -2.69. The summed E-state index contributed by atoms with van der Waals surface area (Å²) in [5, 5.41) is 11.6. The third kappa shape index (κ3) is 3.25. The van der Waals surface area contributed by atoms with Gasteiger partial charge in [0.2, 0.25) is 0 Å². The van der Waals surface area contributed by atoms with Crippen molar-refractivity contribution in [3.63, 3.8) is 0 Å². The van der Waals surface area contributed by atoms with Crippen LogP contribution in [0.1, 0.15) is 27.6 Å². The SMILES string of the molecule is CCNC(=O)c1cccc(-c2cc(C(=O)O)ccc2F)c1. The van der Waals surface area contributed by atoms with Crippen molar-refractivity contribution in [3.8, 4) is 11.1 Å². The predicted octanol–water partition coefficient (Wildman–Crippen LogP) is 2.94. The summed E-state index contributed by atoms with van der Waals surface area (Å²) < 4.78 is 13.9. The second kappa shape index (κ2) is 6.17. The molecular formula is C16H14FNO3. The summed E-state index contributed by atoms with van der Waals surface area (Å²) in [6, 6.07) is 9.99. The van der Waals surface area contributed by atoms with E-state index in [4.69, 9.17) is 5.11 Å². The minimum Gasteiger partial charge on any atom is -0.478 e. The third-order valence-electron chi connectivity index (χ3n) is 2.99. The van der Waals surface area contributed by atoms with Gasteiger partial charge in [-0.05, 0) is 42.8 Å². The lowest BCUT2D eigenvalue weighted by Crippen LogP contribution is -2.22. The average molecular weight is 287 g/mol. The van der Waals surface area contributed by atoms with Gasteiger partial charge in [-0.2, -0.15) is 0 Å². The Balaban J connectivity index is 2.47. The number of amides is 1. The molecular weight excluding hydrogens is 273 g/mol. The molecule has 0 saturated carbocycles. The van der Waals surface area contributed by atoms with Crippen molar-refractivity contribution >= 4 is 11.9 Å². The first-order valence-electron chi connectivity index (χ1n) is 6.44. The van der Waals surface area contributed by atoms with Crippen LogP contribution in [0.3, 0.4) is 0 Å². The summed E-state index contributed by atoms with van der Waals surface area (Å²) in [6.45, 7) is 2.30. The molecule has 0 aliphatic heterocycles. The predicted molar refractivity (Wildman–Crippen MR) is 76.8 cm³/mol. The summed E-state index contributed by atoms with van der Waals surface area (Å²) in [5.41, 5.74) is 1.00. The molecule has 2 rings (SSSR count). The van der Waals surface area contributed by atoms with Gasteiger partial charge in [0.1, 0.15) is 5.82 Å². The van der Waals surface area contributed by atoms with Crippen LogP contribution in [0.5, 0.6) is 0 Å². The number of carboxylic acids is 1. The van der Waals surface area contributed by atoms with Gasteiger partial charge in [-0.1, -0.05) is 12.1 Å². The lowest BCUT2D eigenvalue weighted by Gasteiger charge is -2.08. The zero-order valence-electron chi connectivity index (χ0n) is 11.4. The van der Waals surface area contributed by atoms with Gasteiger partial charge in [-0.25, -0.2) is 9.18 Å². The molecule has 0 saturated heterocycles. The van der Waals surface area contributed by atoms with Gasteiger partial charge in [0.15, 0.2) is 0 Å². The van der Waals surface area contributed by atoms with Crippen LogP contribution in [0, 0.1) is 5.82 Å². The average Bonchev–Trinajstić information content (AvgIpc) is 2.48. The molecule has 0 fully saturated rings. The molecule has 2 aromatic carbocycles. The van der Waals surface area contributed by atoms with Crippen molar-refractivity contribution < 1.29 is 19.1 Å². The molecule has 0 bridgehead atoms. The molecule has 0 aliphatic rings. The highest BCUT2D eigenvalue weighted by Gasteiger charge is 2.12. The quantitative estimate of drug-likeness (QED) is 0.908. The Kier molecular flexibility index (Phi) is 4.33. The third-order valence-corrected chi connectivity index (χ3v) is 2.99. The molecule has 108 valence electrons. The van der Waals surface area contributed by atoms with Crippen LogP contribution in [-0.4, -0.2) is 23.5 Å². The van der Waals surface area contributed by atoms with Crippen LogP contribution in [0.2, 0.25) is 0 Å². The van der Waals surface area contributed by atoms with Crippen molar-refractivity contribution in [2.24, 2.45) is 0 Å². The lowest BCUT2D eigenvalue weighted by atomic mass is 10.00. The van der Waals surface area contributed by atoms with E-state index in [9.17, 15) is 14.0 Å². The number of halogens is 1. The van der Waals surface area contributed by atoms with E-state index in [-0.39, 0.29) is 17.0 Å². The van der Waals surface area contributed by atoms with Gasteiger partial charge in [-0.15, -0.1) is 0 Å². The summed E-state index contributed by atoms with van der Waals surface area (Å²) >= 11 is 0. The monoisotopic (exact) mass is 287 g/mol. The fourth-order valence-corrected chi connectivity index (χ4v) is 1.97. The molecule has 0 radical (unpaired) electrons. The maximum absolute atomic E-state index is 13.9. The number of rotatable bonds is 4. The number of carboxylic acid groups (broad SMARTS) is 1. The van der Waals surface area contributed by atoms with Crippen molar-refractivity contribution in [1.29, 1.82) is 0 Å². The highest BCUT2D eigenvalue weighted by atomic mass is 19.1. The first kappa shape index (κ1) is 14.7. The van der Waals surface area contributed by atoms with E-state index in [0.717, 1.165) is 6.07 Å². The van der Waals surface area contributed by atoms with E-state index < -0.39 is 11.8 Å². The highest BCUT2D eigenvalue weighted by Crippen LogP contribution is 2.25. The number of carbonyl (C=O) groups is 2. The second-order valence-electron chi connectivity index (χ2n) is 4.44. The van der Waals surface area contributed by atoms with Crippen LogP contribution in [0.25, 0.3) is 11.1 Å². The molecule has 0 aliphatic carbocycles. The topological polar surface area (TPSA) is 66.4 Å². The van der Waals surface area contributed by atoms with Gasteiger partial charge in [0, 0.05) is 17.7 Å². The van der Waals surface area contributed by atoms with Gasteiger partial charge in [-0.3, -0.25) is 4.79 Å². The van der Waals surface area contributed by atoms with Crippen molar-refractivity contribution in [2.75, 3.05) is 6.54 Å². The van der Waals surface area contributed by atoms with E-state index >= 15 is 0 Å². The molecule has 2 aromatic rings. The van der Waals surface area contributed by atoms with Crippen LogP contribution in [0.15, 0.2) is 42.5 Å². The number of nitrogens with one attached hydrogen (secondary N) is 1. The number of benzene rings is 2. The normalized spacial score (nSPS) is 10.2. The molecule has 2 N–H and O–H groups in total. The zero-order valence-corrected chi connectivity index (χ0v) is 11.4. The Morgan fingerprint density at radius 1 is 1.14 bits per heavy atom. The van der Waals surface area contributed by atoms with E-state index in [0.29, 0.717) is 17.7 Å². The molecule has 5 heteroatoms. The molecule has 0 spiro atoms. The molecule has 0 heterocycles. The van der Waals surface area contributed by atoms with Crippen molar-refractivity contribution in [2.45, 2.75) is 6.92 Å². The van der Waals surface area contributed by atoms with E-state index in [2.05, 4.69) is 5.32 Å². The zero-order chi connectivity index (χ0) is 15.4. The number of carbonyl (C=O) groups excluding carboxylic acids is 1. The standard InChI is InChI=1S/C16H14FNO3/c1-2-18-15(19)11-5-3-4-10(8-11)13-9-12(16(20)21)6-7-14(13)17/h3-9H,2H2,1H3,(H,18,19)(H,20,21). The van der Waals surface area contributed by atoms with Gasteiger partial charge >= 0.3 is 5.97 Å². The molecule has 21 heavy (non-hydrogen) atoms. The molecule has 0 aromatic heterocycles. The molecule has 0 unspecified atom stereocenters. The summed E-state index contributed by atoms with van der Waals surface area (Å²) in [7, 11) is 0. The fourth-order valence-electron chi connectivity index (χ4n) is 1.97. The second-order valence-corrected chi connectivity index (χ2v) is 4.44. The number of aromatic carboxylic acids is 1. The lowest BCUT2D eigenvalue weighted by molar-refractivity contribution is 0.0696. The van der Waals surface area contributed by atoms with Crippen LogP contribution in [0.4, 0.5) is 4.39 Å². The van der Waals surface area contributed by atoms with Crippen molar-refractivity contribution in [3.05, 3.63) is 59.4 Å². The minimum absolute atomic E-state index is 0.00480. The van der Waals surface area contributed by atoms with E-state index in [1.54, 1.807) is 25.1 Å². The van der Waals surface area contributed by atoms with E-state index in [1.165, 1.54) is 18.2 Å². The maximum atomic E-state index is 13.9. The Morgan fingerprint density at radius 3 is 2.57 bits per heavy atom. The largest absolute Gasteiger partial charge is 0.478 e. The van der Waals surface area contributed by atoms with Crippen molar-refractivity contribution in [1.82, 2.24) is 5.32 Å². The first-order chi connectivity index (χ1) is 10.0. The van der Waals surface area contributed by atoms with Crippen LogP contribution < -0.4 is 5.32 Å². The van der Waals surface area contributed by atoms with Gasteiger partial charge < -0.3 is 10.4 Å². The van der Waals surface area contributed by atoms with Crippen LogP contribution >= 0.6 is 0 Å². The maximum Gasteiger partial charge on any atom is 0.335 e. The van der Waals surface area contributed by atoms with Gasteiger partial charge in [0.05, 0.1) is 5.56 Å². The number of hydrogen-bond donors (Lipinski definition) is 2. The summed E-state index contributed by atoms with van der Waals surface area (Å²) in [6.07, 6.45) is 0. The number of hydrogen-bond acceptors (Lipinski definition) is 2. The van der Waals surface area contributed by atoms with Crippen LogP contribution in [-0.2, 0) is 0 Å². The highest BCUT2D eigenvalue weighted by molar-refractivity contribution is 5.95. The Bertz CT molecular complexity index is 698. The Morgan fingerprint density at radius 2 is 1.90 bits per heavy atom. The smallest absolute Gasteiger partial charge is 0.335 e. The Labute approximate surface area is 121 Å².